The third-order valence-electron chi connectivity index (χ3n) is 2.40. The van der Waals surface area contributed by atoms with Crippen LogP contribution in [-0.2, 0) is 16.6 Å². The molecule has 0 aliphatic heterocycles. The first-order valence-corrected chi connectivity index (χ1v) is 6.34. The highest BCUT2D eigenvalue weighted by molar-refractivity contribution is 7.89. The second kappa shape index (κ2) is 4.26. The van der Waals surface area contributed by atoms with Crippen LogP contribution >= 0.6 is 0 Å². The molecular formula is C9H14N2O4S. The van der Waals surface area contributed by atoms with Crippen molar-refractivity contribution in [2.24, 2.45) is 5.14 Å². The molecule has 0 saturated heterocycles. The van der Waals surface area contributed by atoms with E-state index in [0.29, 0.717) is 11.4 Å². The van der Waals surface area contributed by atoms with Crippen molar-refractivity contribution < 1.29 is 18.3 Å². The van der Waals surface area contributed by atoms with Crippen LogP contribution in [0.2, 0.25) is 0 Å². The smallest absolute Gasteiger partial charge is 0.337 e. The summed E-state index contributed by atoms with van der Waals surface area (Å²) in [7, 11) is -3.54. The van der Waals surface area contributed by atoms with Crippen LogP contribution in [0.3, 0.4) is 0 Å². The molecule has 0 atom stereocenters. The second-order valence-corrected chi connectivity index (χ2v) is 5.34. The lowest BCUT2D eigenvalue weighted by Gasteiger charge is -2.07. The molecule has 0 unspecified atom stereocenters. The number of rotatable bonds is 4. The Hall–Kier alpha value is -1.34. The van der Waals surface area contributed by atoms with Crippen LogP contribution in [0.25, 0.3) is 0 Å². The van der Waals surface area contributed by atoms with E-state index in [4.69, 9.17) is 10.2 Å². The average Bonchev–Trinajstić information content (AvgIpc) is 2.38. The summed E-state index contributed by atoms with van der Waals surface area (Å²) in [5, 5.41) is 13.8. The number of hydrogen-bond acceptors (Lipinski definition) is 3. The first kappa shape index (κ1) is 12.7. The predicted molar refractivity (Wildman–Crippen MR) is 58.8 cm³/mol. The number of sulfonamides is 1. The van der Waals surface area contributed by atoms with Gasteiger partial charge in [0.2, 0.25) is 10.0 Å². The van der Waals surface area contributed by atoms with Crippen molar-refractivity contribution in [1.82, 2.24) is 4.57 Å². The highest BCUT2D eigenvalue weighted by Gasteiger charge is 2.15. The van der Waals surface area contributed by atoms with E-state index in [1.54, 1.807) is 18.4 Å². The summed E-state index contributed by atoms with van der Waals surface area (Å²) in [4.78, 5) is 10.8. The molecule has 0 bridgehead atoms. The number of nitrogens with two attached hydrogens (primary N) is 1. The van der Waals surface area contributed by atoms with Crippen LogP contribution in [0.4, 0.5) is 0 Å². The summed E-state index contributed by atoms with van der Waals surface area (Å²) < 4.78 is 23.3. The van der Waals surface area contributed by atoms with Crippen molar-refractivity contribution in [2.75, 3.05) is 5.75 Å². The molecule has 7 heteroatoms. The van der Waals surface area contributed by atoms with Gasteiger partial charge in [-0.3, -0.25) is 0 Å². The van der Waals surface area contributed by atoms with Crippen molar-refractivity contribution >= 4 is 16.0 Å². The molecule has 0 spiro atoms. The average molecular weight is 246 g/mol. The Kier molecular flexibility index (Phi) is 3.39. The SMILES string of the molecule is Cc1cc(C(=O)O)c(C)n1CCS(N)(=O)=O. The van der Waals surface area contributed by atoms with E-state index < -0.39 is 16.0 Å². The zero-order chi connectivity index (χ0) is 12.5. The first-order valence-electron chi connectivity index (χ1n) is 4.63. The first-order chi connectivity index (χ1) is 7.22. The summed E-state index contributed by atoms with van der Waals surface area (Å²) in [6, 6.07) is 1.51. The Balaban J connectivity index is 3.02. The van der Waals surface area contributed by atoms with E-state index in [-0.39, 0.29) is 17.9 Å². The Labute approximate surface area is 93.7 Å². The number of carbonyl (C=O) groups is 1. The minimum absolute atomic E-state index is 0.170. The molecule has 1 aromatic rings. The summed E-state index contributed by atoms with van der Waals surface area (Å²) >= 11 is 0. The van der Waals surface area contributed by atoms with Gasteiger partial charge in [0.05, 0.1) is 11.3 Å². The molecule has 0 aromatic carbocycles. The van der Waals surface area contributed by atoms with E-state index in [1.165, 1.54) is 6.07 Å². The van der Waals surface area contributed by atoms with Gasteiger partial charge in [0, 0.05) is 17.9 Å². The van der Waals surface area contributed by atoms with Crippen molar-refractivity contribution in [3.8, 4) is 0 Å². The number of nitrogens with zero attached hydrogens (tertiary/aromatic N) is 1. The fourth-order valence-electron chi connectivity index (χ4n) is 1.58. The number of hydrogen-bond donors (Lipinski definition) is 2. The van der Waals surface area contributed by atoms with Crippen molar-refractivity contribution in [3.63, 3.8) is 0 Å². The number of carboxylic acid groups (broad SMARTS) is 1. The van der Waals surface area contributed by atoms with Gasteiger partial charge in [-0.05, 0) is 19.9 Å². The van der Waals surface area contributed by atoms with Gasteiger partial charge in [0.1, 0.15) is 0 Å². The summed E-state index contributed by atoms with van der Waals surface area (Å²) in [5.74, 6) is -1.22. The molecule has 0 amide bonds. The lowest BCUT2D eigenvalue weighted by molar-refractivity contribution is 0.0696. The van der Waals surface area contributed by atoms with Crippen LogP contribution in [0.5, 0.6) is 0 Å². The topological polar surface area (TPSA) is 102 Å². The Morgan fingerprint density at radius 3 is 2.44 bits per heavy atom. The Morgan fingerprint density at radius 1 is 1.50 bits per heavy atom. The predicted octanol–water partition coefficient (Wildman–Crippen LogP) is 0.0916. The number of carboxylic acids is 1. The van der Waals surface area contributed by atoms with E-state index in [2.05, 4.69) is 0 Å². The molecule has 0 aliphatic rings. The number of aryl methyl sites for hydroxylation is 1. The molecular weight excluding hydrogens is 232 g/mol. The fourth-order valence-corrected chi connectivity index (χ4v) is 2.02. The maximum Gasteiger partial charge on any atom is 0.337 e. The maximum absolute atomic E-state index is 10.8. The molecule has 0 saturated carbocycles. The van der Waals surface area contributed by atoms with Crippen LogP contribution in [-0.4, -0.2) is 29.8 Å². The highest BCUT2D eigenvalue weighted by atomic mass is 32.2. The molecule has 6 nitrogen and oxygen atoms in total. The number of aromatic nitrogens is 1. The van der Waals surface area contributed by atoms with E-state index in [9.17, 15) is 13.2 Å². The molecule has 90 valence electrons. The maximum atomic E-state index is 10.8. The van der Waals surface area contributed by atoms with Gasteiger partial charge in [0.15, 0.2) is 0 Å². The van der Waals surface area contributed by atoms with Gasteiger partial charge < -0.3 is 9.67 Å². The molecule has 1 rings (SSSR count). The Bertz CT molecular complexity index is 516. The summed E-state index contributed by atoms with van der Waals surface area (Å²) in [6.07, 6.45) is 0. The third kappa shape index (κ3) is 2.83. The molecule has 0 aliphatic carbocycles. The zero-order valence-corrected chi connectivity index (χ0v) is 9.91. The second-order valence-electron chi connectivity index (χ2n) is 3.61. The zero-order valence-electron chi connectivity index (χ0n) is 9.10. The third-order valence-corrected chi connectivity index (χ3v) is 3.16. The monoisotopic (exact) mass is 246 g/mol. The summed E-state index contributed by atoms with van der Waals surface area (Å²) in [5.41, 5.74) is 1.43. The van der Waals surface area contributed by atoms with Crippen LogP contribution in [0.15, 0.2) is 6.07 Å². The largest absolute Gasteiger partial charge is 0.478 e. The van der Waals surface area contributed by atoms with E-state index >= 15 is 0 Å². The van der Waals surface area contributed by atoms with Crippen LogP contribution < -0.4 is 5.14 Å². The van der Waals surface area contributed by atoms with Crippen LogP contribution in [0.1, 0.15) is 21.7 Å². The van der Waals surface area contributed by atoms with E-state index in [1.807, 2.05) is 0 Å². The van der Waals surface area contributed by atoms with Crippen molar-refractivity contribution in [2.45, 2.75) is 20.4 Å². The van der Waals surface area contributed by atoms with Crippen molar-refractivity contribution in [1.29, 1.82) is 0 Å². The minimum atomic E-state index is -3.54. The van der Waals surface area contributed by atoms with Gasteiger partial charge in [-0.2, -0.15) is 0 Å². The minimum Gasteiger partial charge on any atom is -0.478 e. The summed E-state index contributed by atoms with van der Waals surface area (Å²) in [6.45, 7) is 3.53. The lowest BCUT2D eigenvalue weighted by atomic mass is 10.2. The van der Waals surface area contributed by atoms with Gasteiger partial charge in [-0.15, -0.1) is 0 Å². The highest BCUT2D eigenvalue weighted by Crippen LogP contribution is 2.14. The molecule has 0 radical (unpaired) electrons. The molecule has 16 heavy (non-hydrogen) atoms. The van der Waals surface area contributed by atoms with Crippen molar-refractivity contribution in [3.05, 3.63) is 23.0 Å². The van der Waals surface area contributed by atoms with Crippen LogP contribution in [0, 0.1) is 13.8 Å². The molecule has 1 heterocycles. The van der Waals surface area contributed by atoms with Gasteiger partial charge >= 0.3 is 5.97 Å². The van der Waals surface area contributed by atoms with Gasteiger partial charge in [-0.25, -0.2) is 18.4 Å². The number of aromatic carboxylic acids is 1. The fraction of sp³-hybridized carbons (Fsp3) is 0.444. The molecule has 0 fully saturated rings. The molecule has 1 aromatic heterocycles. The van der Waals surface area contributed by atoms with Gasteiger partial charge in [0.25, 0.3) is 0 Å². The van der Waals surface area contributed by atoms with Gasteiger partial charge in [-0.1, -0.05) is 0 Å². The normalized spacial score (nSPS) is 11.7. The Morgan fingerprint density at radius 2 is 2.06 bits per heavy atom. The molecule has 3 N–H and O–H groups in total. The lowest BCUT2D eigenvalue weighted by Crippen LogP contribution is -2.21. The number of primary sulfonamides is 1. The quantitative estimate of drug-likeness (QED) is 0.785. The standard InChI is InChI=1S/C9H14N2O4S/c1-6-5-8(9(12)13)7(2)11(6)3-4-16(10,14)15/h5H,3-4H2,1-2H3,(H,12,13)(H2,10,14,15). The van der Waals surface area contributed by atoms with E-state index in [0.717, 1.165) is 0 Å².